The van der Waals surface area contributed by atoms with E-state index in [4.69, 9.17) is 11.6 Å². The van der Waals surface area contributed by atoms with E-state index in [2.05, 4.69) is 23.4 Å². The van der Waals surface area contributed by atoms with Crippen LogP contribution in [0.15, 0.2) is 6.07 Å². The maximum absolute atomic E-state index is 5.99. The molecule has 1 aromatic heterocycles. The quantitative estimate of drug-likeness (QED) is 0.760. The first-order valence-corrected chi connectivity index (χ1v) is 5.41. The molecule has 1 rings (SSSR count). The Morgan fingerprint density at radius 3 is 2.86 bits per heavy atom. The Bertz CT molecular complexity index is 283. The molecule has 0 saturated heterocycles. The molecule has 0 fully saturated rings. The lowest BCUT2D eigenvalue weighted by atomic mass is 10.3. The number of nitrogens with one attached hydrogen (secondary N) is 1. The first kappa shape index (κ1) is 11.5. The number of alkyl halides is 1. The SMILES string of the molecule is CCC(Cl)CNCc1cc(C)nn1C. The summed E-state index contributed by atoms with van der Waals surface area (Å²) in [5.41, 5.74) is 2.25. The second-order valence-corrected chi connectivity index (χ2v) is 4.15. The average molecular weight is 216 g/mol. The zero-order chi connectivity index (χ0) is 10.6. The minimum atomic E-state index is 0.226. The Morgan fingerprint density at radius 2 is 2.36 bits per heavy atom. The van der Waals surface area contributed by atoms with Crippen molar-refractivity contribution in [3.63, 3.8) is 0 Å². The highest BCUT2D eigenvalue weighted by Gasteiger charge is 2.03. The topological polar surface area (TPSA) is 29.9 Å². The second kappa shape index (κ2) is 5.37. The molecule has 0 aliphatic heterocycles. The maximum Gasteiger partial charge on any atom is 0.0597 e. The molecule has 4 heteroatoms. The minimum Gasteiger partial charge on any atom is -0.310 e. The molecule has 3 nitrogen and oxygen atoms in total. The number of nitrogens with zero attached hydrogens (tertiary/aromatic N) is 2. The number of hydrogen-bond acceptors (Lipinski definition) is 2. The summed E-state index contributed by atoms with van der Waals surface area (Å²) < 4.78 is 1.90. The van der Waals surface area contributed by atoms with E-state index >= 15 is 0 Å². The predicted molar refractivity (Wildman–Crippen MR) is 59.6 cm³/mol. The van der Waals surface area contributed by atoms with Crippen molar-refractivity contribution in [2.75, 3.05) is 6.54 Å². The molecule has 1 unspecified atom stereocenters. The van der Waals surface area contributed by atoms with Gasteiger partial charge in [-0.25, -0.2) is 0 Å². The van der Waals surface area contributed by atoms with Crippen molar-refractivity contribution in [1.82, 2.24) is 15.1 Å². The van der Waals surface area contributed by atoms with Crippen LogP contribution < -0.4 is 5.32 Å². The molecule has 0 spiro atoms. The van der Waals surface area contributed by atoms with Crippen molar-refractivity contribution >= 4 is 11.6 Å². The van der Waals surface area contributed by atoms with Crippen molar-refractivity contribution in [2.45, 2.75) is 32.2 Å². The van der Waals surface area contributed by atoms with Crippen LogP contribution in [0.2, 0.25) is 0 Å². The van der Waals surface area contributed by atoms with Gasteiger partial charge in [0.25, 0.3) is 0 Å². The van der Waals surface area contributed by atoms with Gasteiger partial charge in [0.1, 0.15) is 0 Å². The summed E-state index contributed by atoms with van der Waals surface area (Å²) in [6, 6.07) is 2.09. The van der Waals surface area contributed by atoms with Crippen molar-refractivity contribution in [2.24, 2.45) is 7.05 Å². The Balaban J connectivity index is 2.34. The Kier molecular flexibility index (Phi) is 4.42. The Morgan fingerprint density at radius 1 is 1.64 bits per heavy atom. The van der Waals surface area contributed by atoms with E-state index in [1.807, 2.05) is 18.7 Å². The van der Waals surface area contributed by atoms with Gasteiger partial charge >= 0.3 is 0 Å². The third-order valence-corrected chi connectivity index (χ3v) is 2.68. The van der Waals surface area contributed by atoms with Crippen molar-refractivity contribution in [1.29, 1.82) is 0 Å². The largest absolute Gasteiger partial charge is 0.310 e. The normalized spacial score (nSPS) is 13.1. The van der Waals surface area contributed by atoms with Crippen molar-refractivity contribution < 1.29 is 0 Å². The van der Waals surface area contributed by atoms with Gasteiger partial charge in [-0.2, -0.15) is 5.10 Å². The first-order valence-electron chi connectivity index (χ1n) is 4.97. The van der Waals surface area contributed by atoms with Crippen LogP contribution >= 0.6 is 11.6 Å². The van der Waals surface area contributed by atoms with Gasteiger partial charge in [0.2, 0.25) is 0 Å². The summed E-state index contributed by atoms with van der Waals surface area (Å²) in [6.45, 7) is 5.77. The average Bonchev–Trinajstić information content (AvgIpc) is 2.45. The summed E-state index contributed by atoms with van der Waals surface area (Å²) in [7, 11) is 1.96. The van der Waals surface area contributed by atoms with Crippen molar-refractivity contribution in [3.05, 3.63) is 17.5 Å². The molecule has 14 heavy (non-hydrogen) atoms. The van der Waals surface area contributed by atoms with Gasteiger partial charge in [0.05, 0.1) is 11.4 Å². The van der Waals surface area contributed by atoms with Gasteiger partial charge in [0, 0.05) is 25.5 Å². The van der Waals surface area contributed by atoms with Crippen LogP contribution in [0.1, 0.15) is 24.7 Å². The van der Waals surface area contributed by atoms with E-state index in [0.29, 0.717) is 0 Å². The zero-order valence-electron chi connectivity index (χ0n) is 9.05. The molecule has 1 heterocycles. The highest BCUT2D eigenvalue weighted by Crippen LogP contribution is 2.02. The number of hydrogen-bond donors (Lipinski definition) is 1. The third kappa shape index (κ3) is 3.31. The fourth-order valence-electron chi connectivity index (χ4n) is 1.33. The number of aryl methyl sites for hydroxylation is 2. The van der Waals surface area contributed by atoms with E-state index in [1.165, 1.54) is 5.69 Å². The lowest BCUT2D eigenvalue weighted by molar-refractivity contribution is 0.605. The van der Waals surface area contributed by atoms with Crippen LogP contribution in [0.5, 0.6) is 0 Å². The van der Waals surface area contributed by atoms with Gasteiger partial charge in [0.15, 0.2) is 0 Å². The molecule has 0 aliphatic carbocycles. The van der Waals surface area contributed by atoms with Crippen LogP contribution in [0, 0.1) is 6.92 Å². The van der Waals surface area contributed by atoms with Gasteiger partial charge in [-0.05, 0) is 19.4 Å². The lowest BCUT2D eigenvalue weighted by Crippen LogP contribution is -2.23. The molecule has 0 saturated carbocycles. The lowest BCUT2D eigenvalue weighted by Gasteiger charge is -2.08. The summed E-state index contributed by atoms with van der Waals surface area (Å²) in [6.07, 6.45) is 0.999. The number of rotatable bonds is 5. The Hall–Kier alpha value is -0.540. The van der Waals surface area contributed by atoms with E-state index < -0.39 is 0 Å². The van der Waals surface area contributed by atoms with Gasteiger partial charge in [-0.3, -0.25) is 4.68 Å². The van der Waals surface area contributed by atoms with Crippen LogP contribution in [0.4, 0.5) is 0 Å². The molecule has 1 N–H and O–H groups in total. The molecule has 0 amide bonds. The summed E-state index contributed by atoms with van der Waals surface area (Å²) in [4.78, 5) is 0. The zero-order valence-corrected chi connectivity index (χ0v) is 9.80. The fraction of sp³-hybridized carbons (Fsp3) is 0.700. The third-order valence-electron chi connectivity index (χ3n) is 2.21. The molecular formula is C10H18ClN3. The standard InChI is InChI=1S/C10H18ClN3/c1-4-9(11)6-12-7-10-5-8(2)13-14(10)3/h5,9,12H,4,6-7H2,1-3H3. The smallest absolute Gasteiger partial charge is 0.0597 e. The van der Waals surface area contributed by atoms with Gasteiger partial charge in [-0.1, -0.05) is 6.92 Å². The highest BCUT2D eigenvalue weighted by atomic mass is 35.5. The van der Waals surface area contributed by atoms with Crippen molar-refractivity contribution in [3.8, 4) is 0 Å². The van der Waals surface area contributed by atoms with Crippen LogP contribution in [0.3, 0.4) is 0 Å². The Labute approximate surface area is 90.4 Å². The van der Waals surface area contributed by atoms with Crippen LogP contribution in [0.25, 0.3) is 0 Å². The van der Waals surface area contributed by atoms with Gasteiger partial charge in [-0.15, -0.1) is 11.6 Å². The summed E-state index contributed by atoms with van der Waals surface area (Å²) >= 11 is 5.99. The van der Waals surface area contributed by atoms with E-state index in [0.717, 1.165) is 25.2 Å². The van der Waals surface area contributed by atoms with Gasteiger partial charge < -0.3 is 5.32 Å². The van der Waals surface area contributed by atoms with Crippen LogP contribution in [-0.2, 0) is 13.6 Å². The van der Waals surface area contributed by atoms with E-state index in [-0.39, 0.29) is 5.38 Å². The molecule has 0 aromatic carbocycles. The molecule has 0 aliphatic rings. The monoisotopic (exact) mass is 215 g/mol. The number of aromatic nitrogens is 2. The molecule has 1 aromatic rings. The van der Waals surface area contributed by atoms with Crippen LogP contribution in [-0.4, -0.2) is 21.7 Å². The minimum absolute atomic E-state index is 0.226. The predicted octanol–water partition coefficient (Wildman–Crippen LogP) is 1.84. The maximum atomic E-state index is 5.99. The van der Waals surface area contributed by atoms with E-state index in [1.54, 1.807) is 0 Å². The second-order valence-electron chi connectivity index (χ2n) is 3.54. The summed E-state index contributed by atoms with van der Waals surface area (Å²) in [5, 5.41) is 7.81. The molecule has 0 bridgehead atoms. The molecule has 0 radical (unpaired) electrons. The fourth-order valence-corrected chi connectivity index (χ4v) is 1.44. The molecular weight excluding hydrogens is 198 g/mol. The number of halogens is 1. The first-order chi connectivity index (χ1) is 6.63. The molecule has 1 atom stereocenters. The summed E-state index contributed by atoms with van der Waals surface area (Å²) in [5.74, 6) is 0. The highest BCUT2D eigenvalue weighted by molar-refractivity contribution is 6.20. The molecule has 80 valence electrons. The van der Waals surface area contributed by atoms with E-state index in [9.17, 15) is 0 Å².